The Balaban J connectivity index is 1.96. The summed E-state index contributed by atoms with van der Waals surface area (Å²) in [6, 6.07) is 5.61. The Bertz CT molecular complexity index is 964. The van der Waals surface area contributed by atoms with E-state index in [4.69, 9.17) is 0 Å². The van der Waals surface area contributed by atoms with Gasteiger partial charge in [-0.1, -0.05) is 17.2 Å². The molecule has 0 bridgehead atoms. The van der Waals surface area contributed by atoms with Crippen molar-refractivity contribution >= 4 is 17.8 Å². The van der Waals surface area contributed by atoms with Gasteiger partial charge in [0.25, 0.3) is 11.8 Å². The summed E-state index contributed by atoms with van der Waals surface area (Å²) >= 11 is 0. The number of hydrogen-bond acceptors (Lipinski definition) is 5. The number of carbonyl (C=O) groups is 3. The first-order valence-corrected chi connectivity index (χ1v) is 7.27. The summed E-state index contributed by atoms with van der Waals surface area (Å²) in [5, 5.41) is -0.0647. The number of imide groups is 1. The molecule has 0 aliphatic carbocycles. The summed E-state index contributed by atoms with van der Waals surface area (Å²) in [6.07, 6.45) is -10.6. The standard InChI is InChI=1S/C16H6F6N2O4/c17-15(18,19)10-6-5-9(11(23-10)16(20,21)22)14(27)28-24-12(25)7-3-1-2-4-8(7)13(24)26/h1-6H. The van der Waals surface area contributed by atoms with Crippen LogP contribution in [0, 0.1) is 0 Å². The van der Waals surface area contributed by atoms with Crippen LogP contribution in [0.25, 0.3) is 0 Å². The van der Waals surface area contributed by atoms with Crippen molar-refractivity contribution in [1.82, 2.24) is 10.0 Å². The highest BCUT2D eigenvalue weighted by Gasteiger charge is 2.44. The third kappa shape index (κ3) is 3.28. The highest BCUT2D eigenvalue weighted by molar-refractivity contribution is 6.21. The number of hydroxylamine groups is 2. The van der Waals surface area contributed by atoms with E-state index in [9.17, 15) is 40.7 Å². The van der Waals surface area contributed by atoms with Crippen molar-refractivity contribution in [3.05, 3.63) is 64.5 Å². The van der Waals surface area contributed by atoms with Gasteiger partial charge >= 0.3 is 18.3 Å². The van der Waals surface area contributed by atoms with E-state index >= 15 is 0 Å². The number of amides is 2. The molecule has 0 unspecified atom stereocenters. The lowest BCUT2D eigenvalue weighted by atomic mass is 10.1. The molecule has 1 aliphatic rings. The van der Waals surface area contributed by atoms with E-state index in [0.29, 0.717) is 0 Å². The summed E-state index contributed by atoms with van der Waals surface area (Å²) in [5.74, 6) is -4.09. The zero-order chi connectivity index (χ0) is 20.9. The Labute approximate surface area is 151 Å². The van der Waals surface area contributed by atoms with E-state index in [0.717, 1.165) is 0 Å². The van der Waals surface area contributed by atoms with Crippen LogP contribution in [0.2, 0.25) is 0 Å². The number of nitrogens with zero attached hydrogens (tertiary/aromatic N) is 2. The van der Waals surface area contributed by atoms with E-state index in [1.807, 2.05) is 0 Å². The number of halogens is 6. The number of aromatic nitrogens is 1. The third-order valence-electron chi connectivity index (χ3n) is 3.61. The SMILES string of the molecule is O=C(ON1C(=O)c2ccccc2C1=O)c1ccc(C(F)(F)F)nc1C(F)(F)F. The second-order valence-corrected chi connectivity index (χ2v) is 5.42. The molecule has 0 spiro atoms. The molecule has 146 valence electrons. The molecule has 2 aromatic rings. The summed E-state index contributed by atoms with van der Waals surface area (Å²) in [5.41, 5.74) is -5.73. The van der Waals surface area contributed by atoms with Gasteiger partial charge in [0.05, 0.1) is 16.7 Å². The van der Waals surface area contributed by atoms with Crippen LogP contribution in [-0.2, 0) is 17.2 Å². The van der Waals surface area contributed by atoms with E-state index in [1.54, 1.807) is 0 Å². The number of benzene rings is 1. The van der Waals surface area contributed by atoms with Gasteiger partial charge in [0.2, 0.25) is 0 Å². The summed E-state index contributed by atoms with van der Waals surface area (Å²) in [6.45, 7) is 0. The van der Waals surface area contributed by atoms with Crippen molar-refractivity contribution in [3.8, 4) is 0 Å². The van der Waals surface area contributed by atoms with Gasteiger partial charge in [-0.25, -0.2) is 9.78 Å². The maximum absolute atomic E-state index is 13.1. The number of alkyl halides is 6. The minimum atomic E-state index is -5.43. The van der Waals surface area contributed by atoms with Crippen molar-refractivity contribution in [2.75, 3.05) is 0 Å². The van der Waals surface area contributed by atoms with E-state index in [-0.39, 0.29) is 28.3 Å². The van der Waals surface area contributed by atoms with Crippen LogP contribution in [0.4, 0.5) is 26.3 Å². The molecule has 6 nitrogen and oxygen atoms in total. The van der Waals surface area contributed by atoms with E-state index < -0.39 is 47.1 Å². The normalized spacial score (nSPS) is 14.3. The highest BCUT2D eigenvalue weighted by atomic mass is 19.4. The van der Waals surface area contributed by atoms with Crippen LogP contribution in [0.3, 0.4) is 0 Å². The number of rotatable bonds is 2. The van der Waals surface area contributed by atoms with Gasteiger partial charge in [-0.3, -0.25) is 9.59 Å². The number of carbonyl (C=O) groups excluding carboxylic acids is 3. The monoisotopic (exact) mass is 404 g/mol. The van der Waals surface area contributed by atoms with Gasteiger partial charge < -0.3 is 4.84 Å². The first kappa shape index (κ1) is 19.3. The molecular formula is C16H6F6N2O4. The fourth-order valence-corrected chi connectivity index (χ4v) is 2.38. The molecule has 1 aromatic heterocycles. The maximum atomic E-state index is 13.1. The first-order valence-electron chi connectivity index (χ1n) is 7.27. The van der Waals surface area contributed by atoms with E-state index in [1.165, 1.54) is 24.3 Å². The zero-order valence-electron chi connectivity index (χ0n) is 13.3. The van der Waals surface area contributed by atoms with Crippen LogP contribution in [-0.4, -0.2) is 27.8 Å². The van der Waals surface area contributed by atoms with Crippen molar-refractivity contribution in [2.24, 2.45) is 0 Å². The van der Waals surface area contributed by atoms with Gasteiger partial charge in [0, 0.05) is 0 Å². The van der Waals surface area contributed by atoms with Gasteiger partial charge in [0.1, 0.15) is 5.69 Å². The molecule has 3 rings (SSSR count). The molecule has 12 heteroatoms. The predicted octanol–water partition coefficient (Wildman–Crippen LogP) is 3.49. The van der Waals surface area contributed by atoms with Crippen molar-refractivity contribution in [1.29, 1.82) is 0 Å². The highest BCUT2D eigenvalue weighted by Crippen LogP contribution is 2.35. The van der Waals surface area contributed by atoms with Crippen LogP contribution in [0.1, 0.15) is 42.5 Å². The van der Waals surface area contributed by atoms with Gasteiger partial charge in [-0.2, -0.15) is 26.3 Å². The fourth-order valence-electron chi connectivity index (χ4n) is 2.38. The zero-order valence-corrected chi connectivity index (χ0v) is 13.3. The molecule has 1 aliphatic heterocycles. The van der Waals surface area contributed by atoms with Crippen LogP contribution in [0.5, 0.6) is 0 Å². The average Bonchev–Trinajstić information content (AvgIpc) is 2.85. The number of pyridine rings is 1. The van der Waals surface area contributed by atoms with Gasteiger partial charge in [-0.05, 0) is 24.3 Å². The Kier molecular flexibility index (Phi) is 4.36. The van der Waals surface area contributed by atoms with E-state index in [2.05, 4.69) is 9.82 Å². The Hall–Kier alpha value is -3.44. The molecule has 0 atom stereocenters. The largest absolute Gasteiger partial charge is 0.434 e. The molecule has 28 heavy (non-hydrogen) atoms. The molecule has 2 heterocycles. The Morgan fingerprint density at radius 1 is 0.857 bits per heavy atom. The molecule has 0 saturated heterocycles. The molecular weight excluding hydrogens is 398 g/mol. The molecule has 2 amide bonds. The predicted molar refractivity (Wildman–Crippen MR) is 76.6 cm³/mol. The van der Waals surface area contributed by atoms with Crippen molar-refractivity contribution in [3.63, 3.8) is 0 Å². The second kappa shape index (κ2) is 6.32. The van der Waals surface area contributed by atoms with Crippen molar-refractivity contribution in [2.45, 2.75) is 12.4 Å². The van der Waals surface area contributed by atoms with Gasteiger partial charge in [-0.15, -0.1) is 0 Å². The second-order valence-electron chi connectivity index (χ2n) is 5.42. The quantitative estimate of drug-likeness (QED) is 0.566. The lowest BCUT2D eigenvalue weighted by Crippen LogP contribution is -2.33. The Morgan fingerprint density at radius 2 is 1.39 bits per heavy atom. The van der Waals surface area contributed by atoms with Gasteiger partial charge in [0.15, 0.2) is 5.69 Å². The third-order valence-corrected chi connectivity index (χ3v) is 3.61. The molecule has 0 saturated carbocycles. The maximum Gasteiger partial charge on any atom is 0.434 e. The summed E-state index contributed by atoms with van der Waals surface area (Å²) < 4.78 is 77.1. The lowest BCUT2D eigenvalue weighted by molar-refractivity contribution is -0.150. The summed E-state index contributed by atoms with van der Waals surface area (Å²) in [7, 11) is 0. The van der Waals surface area contributed by atoms with Crippen LogP contribution >= 0.6 is 0 Å². The molecule has 1 aromatic carbocycles. The molecule has 0 radical (unpaired) electrons. The minimum Gasteiger partial charge on any atom is -0.324 e. The molecule has 0 N–H and O–H groups in total. The first-order chi connectivity index (χ1) is 12.9. The smallest absolute Gasteiger partial charge is 0.324 e. The number of fused-ring (bicyclic) bond motifs is 1. The molecule has 0 fully saturated rings. The van der Waals surface area contributed by atoms with Crippen LogP contribution in [0.15, 0.2) is 36.4 Å². The van der Waals surface area contributed by atoms with Crippen LogP contribution < -0.4 is 0 Å². The van der Waals surface area contributed by atoms with Crippen molar-refractivity contribution < 1.29 is 45.6 Å². The Morgan fingerprint density at radius 3 is 1.86 bits per heavy atom. The topological polar surface area (TPSA) is 76.6 Å². The fraction of sp³-hybridized carbons (Fsp3) is 0.125. The average molecular weight is 404 g/mol. The summed E-state index contributed by atoms with van der Waals surface area (Å²) in [4.78, 5) is 43.1. The minimum absolute atomic E-state index is 0.0647. The number of hydrogen-bond donors (Lipinski definition) is 0. The lowest BCUT2D eigenvalue weighted by Gasteiger charge is -2.16.